The van der Waals surface area contributed by atoms with E-state index >= 15 is 0 Å². The maximum Gasteiger partial charge on any atom is 0.339 e. The smallest absolute Gasteiger partial charge is 0.339 e. The standard InChI is InChI=1S/C30H25N5O5S/c1-4-33-19-13-9-7-11-16(19)21(25(33)36)23-26(37)35-24(32)22(28(38)40-6-3)30(18(15-31)27(35)41-23)17-12-8-10-14-20(17)34(5-2)29(30)39/h7-14H,4-6,32H2,1-3H3/b23-21-. The molecule has 206 valence electrons. The Morgan fingerprint density at radius 1 is 1.00 bits per heavy atom. The number of carbonyl (C=O) groups excluding carboxylic acids is 3. The molecule has 6 rings (SSSR count). The highest BCUT2D eigenvalue weighted by Crippen LogP contribution is 2.53. The molecular weight excluding hydrogens is 542 g/mol. The van der Waals surface area contributed by atoms with Crippen LogP contribution in [0.4, 0.5) is 11.4 Å². The molecule has 0 bridgehead atoms. The molecule has 1 aromatic heterocycles. The highest BCUT2D eigenvalue weighted by Gasteiger charge is 2.61. The van der Waals surface area contributed by atoms with Gasteiger partial charge in [-0.3, -0.25) is 19.0 Å². The molecule has 10 nitrogen and oxygen atoms in total. The van der Waals surface area contributed by atoms with Crippen LogP contribution in [0.2, 0.25) is 0 Å². The Bertz CT molecular complexity index is 1960. The number of carbonyl (C=O) groups is 3. The lowest BCUT2D eigenvalue weighted by Gasteiger charge is -2.33. The molecule has 3 aromatic rings. The molecule has 0 saturated carbocycles. The predicted molar refractivity (Wildman–Crippen MR) is 154 cm³/mol. The molecule has 3 aliphatic heterocycles. The number of hydrogen-bond donors (Lipinski definition) is 1. The molecule has 1 spiro atoms. The van der Waals surface area contributed by atoms with Crippen LogP contribution in [-0.4, -0.2) is 42.0 Å². The molecule has 0 fully saturated rings. The number of nitrogens with two attached hydrogens (primary N) is 1. The number of ether oxygens (including phenoxy) is 1. The first kappa shape index (κ1) is 26.3. The molecule has 1 atom stereocenters. The largest absolute Gasteiger partial charge is 0.462 e. The second kappa shape index (κ2) is 9.31. The minimum absolute atomic E-state index is 0.0202. The fourth-order valence-corrected chi connectivity index (χ4v) is 7.41. The molecule has 2 N–H and O–H groups in total. The van der Waals surface area contributed by atoms with E-state index in [4.69, 9.17) is 10.5 Å². The van der Waals surface area contributed by atoms with E-state index in [0.29, 0.717) is 29.0 Å². The second-order valence-electron chi connectivity index (χ2n) is 9.60. The Morgan fingerprint density at radius 2 is 1.66 bits per heavy atom. The minimum Gasteiger partial charge on any atom is -0.462 e. The van der Waals surface area contributed by atoms with Crippen molar-refractivity contribution in [2.24, 2.45) is 5.73 Å². The van der Waals surface area contributed by atoms with Crippen molar-refractivity contribution in [3.63, 3.8) is 0 Å². The lowest BCUT2D eigenvalue weighted by Crippen LogP contribution is -2.52. The number of anilines is 2. The van der Waals surface area contributed by atoms with Crippen molar-refractivity contribution in [3.8, 4) is 6.07 Å². The Morgan fingerprint density at radius 3 is 2.32 bits per heavy atom. The molecule has 41 heavy (non-hydrogen) atoms. The predicted octanol–water partition coefficient (Wildman–Crippen LogP) is 1.16. The van der Waals surface area contributed by atoms with Crippen molar-refractivity contribution in [1.82, 2.24) is 4.57 Å². The van der Waals surface area contributed by atoms with Gasteiger partial charge in [0.2, 0.25) is 5.91 Å². The molecule has 1 unspecified atom stereocenters. The third kappa shape index (κ3) is 3.16. The van der Waals surface area contributed by atoms with E-state index in [9.17, 15) is 24.4 Å². The van der Waals surface area contributed by atoms with E-state index in [2.05, 4.69) is 6.07 Å². The summed E-state index contributed by atoms with van der Waals surface area (Å²) in [6.07, 6.45) is 0. The topological polar surface area (TPSA) is 139 Å². The monoisotopic (exact) mass is 567 g/mol. The van der Waals surface area contributed by atoms with Gasteiger partial charge in [-0.1, -0.05) is 36.4 Å². The van der Waals surface area contributed by atoms with Gasteiger partial charge in [0.05, 0.1) is 29.5 Å². The van der Waals surface area contributed by atoms with Gasteiger partial charge in [0.1, 0.15) is 26.0 Å². The van der Waals surface area contributed by atoms with Crippen LogP contribution in [0.15, 0.2) is 58.9 Å². The summed E-state index contributed by atoms with van der Waals surface area (Å²) < 4.78 is 6.59. The number of likely N-dealkylation sites (N-methyl/N-ethyl adjacent to an activating group) is 2. The Kier molecular flexibility index (Phi) is 5.97. The van der Waals surface area contributed by atoms with Crippen LogP contribution in [0.5, 0.6) is 0 Å². The average molecular weight is 568 g/mol. The fourth-order valence-electron chi connectivity index (χ4n) is 6.16. The zero-order valence-electron chi connectivity index (χ0n) is 22.6. The molecule has 0 saturated heterocycles. The molecule has 2 aromatic carbocycles. The van der Waals surface area contributed by atoms with Gasteiger partial charge in [-0.15, -0.1) is 11.3 Å². The minimum atomic E-state index is -1.93. The van der Waals surface area contributed by atoms with Crippen molar-refractivity contribution >= 4 is 57.5 Å². The lowest BCUT2D eigenvalue weighted by atomic mass is 9.68. The van der Waals surface area contributed by atoms with E-state index in [-0.39, 0.29) is 50.8 Å². The number of amides is 2. The maximum absolute atomic E-state index is 14.4. The molecule has 2 amide bonds. The highest BCUT2D eigenvalue weighted by atomic mass is 32.1. The first-order valence-corrected chi connectivity index (χ1v) is 14.0. The van der Waals surface area contributed by atoms with Crippen molar-refractivity contribution in [1.29, 1.82) is 5.26 Å². The summed E-state index contributed by atoms with van der Waals surface area (Å²) in [4.78, 5) is 58.8. The summed E-state index contributed by atoms with van der Waals surface area (Å²) in [6, 6.07) is 16.2. The third-order valence-electron chi connectivity index (χ3n) is 7.80. The summed E-state index contributed by atoms with van der Waals surface area (Å²) >= 11 is 0.918. The molecule has 11 heteroatoms. The van der Waals surface area contributed by atoms with Gasteiger partial charge in [-0.25, -0.2) is 4.79 Å². The number of thiazole rings is 1. The molecule has 0 aliphatic carbocycles. The van der Waals surface area contributed by atoms with Gasteiger partial charge >= 0.3 is 5.97 Å². The van der Waals surface area contributed by atoms with Gasteiger partial charge in [0.25, 0.3) is 11.5 Å². The first-order valence-electron chi connectivity index (χ1n) is 13.2. The highest BCUT2D eigenvalue weighted by molar-refractivity contribution is 7.08. The molecular formula is C30H25N5O5S. The fraction of sp³-hybridized carbons (Fsp3) is 0.233. The number of fused-ring (bicyclic) bond motifs is 4. The van der Waals surface area contributed by atoms with Gasteiger partial charge in [-0.2, -0.15) is 5.26 Å². The number of nitriles is 1. The quantitative estimate of drug-likeness (QED) is 0.467. The first-order chi connectivity index (χ1) is 19.8. The number of aromatic nitrogens is 1. The lowest BCUT2D eigenvalue weighted by molar-refractivity contribution is -0.140. The van der Waals surface area contributed by atoms with Crippen LogP contribution in [0.3, 0.4) is 0 Å². The third-order valence-corrected chi connectivity index (χ3v) is 8.96. The summed E-state index contributed by atoms with van der Waals surface area (Å²) in [5, 5.41) is 10.7. The van der Waals surface area contributed by atoms with Crippen molar-refractivity contribution in [2.75, 3.05) is 29.5 Å². The van der Waals surface area contributed by atoms with Gasteiger partial charge in [0.15, 0.2) is 0 Å². The maximum atomic E-state index is 14.4. The van der Waals surface area contributed by atoms with Gasteiger partial charge in [0, 0.05) is 29.9 Å². The van der Waals surface area contributed by atoms with Crippen molar-refractivity contribution < 1.29 is 19.1 Å². The number of benzene rings is 2. The van der Waals surface area contributed by atoms with Crippen LogP contribution in [-0.2, 0) is 24.5 Å². The van der Waals surface area contributed by atoms with E-state index in [1.165, 1.54) is 4.90 Å². The molecule has 4 heterocycles. The summed E-state index contributed by atoms with van der Waals surface area (Å²) in [5.41, 5.74) is 6.01. The van der Waals surface area contributed by atoms with Crippen molar-refractivity contribution in [3.05, 3.63) is 84.8 Å². The molecule has 3 aliphatic rings. The zero-order valence-corrected chi connectivity index (χ0v) is 23.4. The summed E-state index contributed by atoms with van der Waals surface area (Å²) in [6.45, 7) is 5.87. The summed E-state index contributed by atoms with van der Waals surface area (Å²) in [5.74, 6) is -2.11. The Labute approximate surface area is 238 Å². The summed E-state index contributed by atoms with van der Waals surface area (Å²) in [7, 11) is 0. The average Bonchev–Trinajstić information content (AvgIpc) is 3.54. The Hall–Kier alpha value is -4.95. The SMILES string of the molecule is CCOC(=O)C1=C(N)n2c(s/c(=C3\C(=O)N(CC)c4ccccc43)c2=O)=C(C#N)C12C(=O)N(CC)c1ccccc12. The Balaban J connectivity index is 1.82. The van der Waals surface area contributed by atoms with E-state index in [1.54, 1.807) is 61.2 Å². The van der Waals surface area contributed by atoms with E-state index < -0.39 is 22.9 Å². The van der Waals surface area contributed by atoms with Crippen LogP contribution < -0.4 is 30.3 Å². The zero-order chi connectivity index (χ0) is 29.2. The van der Waals surface area contributed by atoms with Gasteiger partial charge < -0.3 is 20.3 Å². The van der Waals surface area contributed by atoms with Gasteiger partial charge in [-0.05, 0) is 32.9 Å². The number of para-hydroxylation sites is 2. The second-order valence-corrected chi connectivity index (χ2v) is 10.6. The van der Waals surface area contributed by atoms with Crippen LogP contribution in [0.25, 0.3) is 17.0 Å². The number of esters is 1. The van der Waals surface area contributed by atoms with Crippen LogP contribution >= 0.6 is 11.3 Å². The molecule has 0 radical (unpaired) electrons. The number of rotatable bonds is 4. The van der Waals surface area contributed by atoms with Crippen LogP contribution in [0, 0.1) is 11.3 Å². The van der Waals surface area contributed by atoms with E-state index in [0.717, 1.165) is 15.9 Å². The van der Waals surface area contributed by atoms with Crippen LogP contribution in [0.1, 0.15) is 31.9 Å². The normalized spacial score (nSPS) is 20.4. The number of hydrogen-bond acceptors (Lipinski definition) is 8. The van der Waals surface area contributed by atoms with E-state index in [1.807, 2.05) is 13.0 Å². The van der Waals surface area contributed by atoms with Crippen molar-refractivity contribution in [2.45, 2.75) is 26.2 Å². The number of nitrogens with zero attached hydrogens (tertiary/aromatic N) is 4.